The van der Waals surface area contributed by atoms with Gasteiger partial charge in [-0.15, -0.1) is 10.2 Å². The minimum Gasteiger partial charge on any atom is -0.349 e. The summed E-state index contributed by atoms with van der Waals surface area (Å²) in [4.78, 5) is 12.7. The van der Waals surface area contributed by atoms with Crippen LogP contribution in [-0.4, -0.2) is 26.4 Å². The zero-order valence-electron chi connectivity index (χ0n) is 18.1. The van der Waals surface area contributed by atoms with Crippen LogP contribution in [0.15, 0.2) is 59.8 Å². The van der Waals surface area contributed by atoms with Crippen molar-refractivity contribution in [3.63, 3.8) is 0 Å². The lowest BCUT2D eigenvalue weighted by Crippen LogP contribution is -2.31. The zero-order chi connectivity index (χ0) is 21.5. The molecule has 0 saturated carbocycles. The molecule has 30 heavy (non-hydrogen) atoms. The van der Waals surface area contributed by atoms with Crippen molar-refractivity contribution < 1.29 is 4.79 Å². The van der Waals surface area contributed by atoms with Gasteiger partial charge in [0.25, 0.3) is 0 Å². The number of carbonyl (C=O) groups excluding carboxylic acids is 1. The highest BCUT2D eigenvalue weighted by Gasteiger charge is 2.19. The second-order valence-electron chi connectivity index (χ2n) is 7.81. The molecule has 3 rings (SSSR count). The molecule has 158 valence electrons. The smallest absolute Gasteiger partial charge is 0.230 e. The lowest BCUT2D eigenvalue weighted by atomic mass is 9.97. The molecule has 3 aromatic rings. The number of nitrogens with one attached hydrogen (secondary N) is 1. The van der Waals surface area contributed by atoms with Crippen molar-refractivity contribution in [3.8, 4) is 11.4 Å². The van der Waals surface area contributed by atoms with Crippen LogP contribution in [0.1, 0.15) is 44.4 Å². The predicted octanol–water partition coefficient (Wildman–Crippen LogP) is 5.27. The van der Waals surface area contributed by atoms with E-state index in [4.69, 9.17) is 0 Å². The van der Waals surface area contributed by atoms with E-state index >= 15 is 0 Å². The van der Waals surface area contributed by atoms with Gasteiger partial charge >= 0.3 is 0 Å². The maximum absolute atomic E-state index is 12.7. The monoisotopic (exact) mass is 422 g/mol. The van der Waals surface area contributed by atoms with Crippen LogP contribution in [-0.2, 0) is 11.3 Å². The molecule has 0 spiro atoms. The summed E-state index contributed by atoms with van der Waals surface area (Å²) in [6, 6.07) is 18.3. The number of hydrogen-bond acceptors (Lipinski definition) is 4. The van der Waals surface area contributed by atoms with Gasteiger partial charge in [0, 0.05) is 12.1 Å². The molecule has 2 aromatic carbocycles. The molecule has 0 saturated heterocycles. The average Bonchev–Trinajstić information content (AvgIpc) is 3.15. The third kappa shape index (κ3) is 5.51. The summed E-state index contributed by atoms with van der Waals surface area (Å²) in [5.74, 6) is 1.66. The van der Waals surface area contributed by atoms with Crippen molar-refractivity contribution in [2.24, 2.45) is 5.92 Å². The van der Waals surface area contributed by atoms with Crippen LogP contribution < -0.4 is 5.32 Å². The first-order valence-corrected chi connectivity index (χ1v) is 11.4. The summed E-state index contributed by atoms with van der Waals surface area (Å²) >= 11 is 1.43. The molecule has 0 aliphatic heterocycles. The van der Waals surface area contributed by atoms with Crippen molar-refractivity contribution >= 4 is 17.7 Å². The van der Waals surface area contributed by atoms with Gasteiger partial charge in [0.15, 0.2) is 11.0 Å². The van der Waals surface area contributed by atoms with Gasteiger partial charge in [-0.1, -0.05) is 80.2 Å². The second kappa shape index (κ2) is 10.4. The van der Waals surface area contributed by atoms with Crippen LogP contribution in [0.2, 0.25) is 0 Å². The fraction of sp³-hybridized carbons (Fsp3) is 0.375. The number of aryl methyl sites for hydroxylation is 1. The number of rotatable bonds is 9. The Morgan fingerprint density at radius 2 is 1.77 bits per heavy atom. The van der Waals surface area contributed by atoms with E-state index < -0.39 is 0 Å². The lowest BCUT2D eigenvalue weighted by molar-refractivity contribution is -0.119. The molecule has 1 unspecified atom stereocenters. The van der Waals surface area contributed by atoms with E-state index in [1.807, 2.05) is 30.3 Å². The summed E-state index contributed by atoms with van der Waals surface area (Å²) in [6.07, 6.45) is 0.906. The first-order valence-electron chi connectivity index (χ1n) is 10.5. The van der Waals surface area contributed by atoms with Gasteiger partial charge < -0.3 is 9.88 Å². The Balaban J connectivity index is 1.69. The number of aromatic nitrogens is 3. The van der Waals surface area contributed by atoms with E-state index in [0.717, 1.165) is 40.6 Å². The Bertz CT molecular complexity index is 968. The minimum atomic E-state index is 0.0117. The summed E-state index contributed by atoms with van der Waals surface area (Å²) in [5.41, 5.74) is 3.38. The van der Waals surface area contributed by atoms with Crippen molar-refractivity contribution in [2.75, 3.05) is 5.75 Å². The van der Waals surface area contributed by atoms with Crippen molar-refractivity contribution in [1.29, 1.82) is 0 Å². The summed E-state index contributed by atoms with van der Waals surface area (Å²) in [5, 5.41) is 12.7. The molecule has 0 radical (unpaired) electrons. The van der Waals surface area contributed by atoms with E-state index in [-0.39, 0.29) is 11.9 Å². The number of hydrogen-bond donors (Lipinski definition) is 1. The van der Waals surface area contributed by atoms with Crippen LogP contribution in [0.25, 0.3) is 11.4 Å². The fourth-order valence-electron chi connectivity index (χ4n) is 3.50. The first-order chi connectivity index (χ1) is 14.5. The third-order valence-corrected chi connectivity index (χ3v) is 5.96. The number of amides is 1. The Morgan fingerprint density at radius 3 is 2.43 bits per heavy atom. The van der Waals surface area contributed by atoms with Gasteiger partial charge in [0.1, 0.15) is 0 Å². The average molecular weight is 423 g/mol. The van der Waals surface area contributed by atoms with Crippen LogP contribution in [0.5, 0.6) is 0 Å². The minimum absolute atomic E-state index is 0.0117. The molecular formula is C24H30N4OS. The normalized spacial score (nSPS) is 12.2. The Labute approximate surface area is 183 Å². The van der Waals surface area contributed by atoms with Crippen LogP contribution in [0.3, 0.4) is 0 Å². The molecule has 1 atom stereocenters. The van der Waals surface area contributed by atoms with Gasteiger partial charge in [-0.2, -0.15) is 0 Å². The fourth-order valence-corrected chi connectivity index (χ4v) is 4.32. The van der Waals surface area contributed by atoms with Gasteiger partial charge in [0.05, 0.1) is 11.8 Å². The van der Waals surface area contributed by atoms with E-state index in [1.165, 1.54) is 11.8 Å². The highest BCUT2D eigenvalue weighted by atomic mass is 32.2. The molecule has 0 aliphatic carbocycles. The molecule has 1 aromatic heterocycles. The lowest BCUT2D eigenvalue weighted by Gasteiger charge is -2.21. The maximum atomic E-state index is 12.7. The van der Waals surface area contributed by atoms with Crippen LogP contribution >= 0.6 is 11.8 Å². The molecular weight excluding hydrogens is 392 g/mol. The Kier molecular flexibility index (Phi) is 7.69. The largest absolute Gasteiger partial charge is 0.349 e. The molecule has 0 aliphatic rings. The molecule has 0 fully saturated rings. The van der Waals surface area contributed by atoms with Gasteiger partial charge in [-0.3, -0.25) is 4.79 Å². The summed E-state index contributed by atoms with van der Waals surface area (Å²) < 4.78 is 2.07. The van der Waals surface area contributed by atoms with E-state index in [1.54, 1.807) is 0 Å². The maximum Gasteiger partial charge on any atom is 0.230 e. The highest BCUT2D eigenvalue weighted by molar-refractivity contribution is 7.99. The number of benzene rings is 2. The van der Waals surface area contributed by atoms with Gasteiger partial charge in [-0.05, 0) is 37.3 Å². The zero-order valence-corrected chi connectivity index (χ0v) is 18.9. The summed E-state index contributed by atoms with van der Waals surface area (Å²) in [7, 11) is 0. The van der Waals surface area contributed by atoms with E-state index in [0.29, 0.717) is 11.7 Å². The number of thioether (sulfide) groups is 1. The first kappa shape index (κ1) is 22.1. The van der Waals surface area contributed by atoms with Crippen molar-refractivity contribution in [1.82, 2.24) is 20.1 Å². The predicted molar refractivity (Wildman–Crippen MR) is 123 cm³/mol. The molecule has 1 N–H and O–H groups in total. The molecule has 1 heterocycles. The standard InChI is InChI=1S/C24H30N4OS/c1-5-28-23(20-14-10-9-11-18(20)4)26-27-24(28)30-16-22(29)25-21(15-17(2)3)19-12-7-6-8-13-19/h6-14,17,21H,5,15-16H2,1-4H3,(H,25,29). The quantitative estimate of drug-likeness (QED) is 0.477. The Hall–Kier alpha value is -2.60. The third-order valence-electron chi connectivity index (χ3n) is 5.00. The number of nitrogens with zero attached hydrogens (tertiary/aromatic N) is 3. The van der Waals surface area contributed by atoms with E-state index in [9.17, 15) is 4.79 Å². The number of carbonyl (C=O) groups is 1. The Morgan fingerprint density at radius 1 is 1.07 bits per heavy atom. The summed E-state index contributed by atoms with van der Waals surface area (Å²) in [6.45, 7) is 9.24. The van der Waals surface area contributed by atoms with E-state index in [2.05, 4.69) is 72.0 Å². The SMILES string of the molecule is CCn1c(SCC(=O)NC(CC(C)C)c2ccccc2)nnc1-c1ccccc1C. The molecule has 1 amide bonds. The highest BCUT2D eigenvalue weighted by Crippen LogP contribution is 2.27. The topological polar surface area (TPSA) is 59.8 Å². The van der Waals surface area contributed by atoms with Gasteiger partial charge in [-0.25, -0.2) is 0 Å². The van der Waals surface area contributed by atoms with Gasteiger partial charge in [0.2, 0.25) is 5.91 Å². The molecule has 6 heteroatoms. The van der Waals surface area contributed by atoms with Crippen molar-refractivity contribution in [3.05, 3.63) is 65.7 Å². The van der Waals surface area contributed by atoms with Crippen LogP contribution in [0.4, 0.5) is 0 Å². The molecule has 5 nitrogen and oxygen atoms in total. The molecule has 0 bridgehead atoms. The van der Waals surface area contributed by atoms with Crippen molar-refractivity contribution in [2.45, 2.75) is 51.9 Å². The van der Waals surface area contributed by atoms with Crippen LogP contribution in [0, 0.1) is 12.8 Å². The second-order valence-corrected chi connectivity index (χ2v) is 8.76.